The molecule has 0 saturated carbocycles. The Morgan fingerprint density at radius 2 is 1.40 bits per heavy atom. The summed E-state index contributed by atoms with van der Waals surface area (Å²) in [6.07, 6.45) is 0. The Bertz CT molecular complexity index is 103. The van der Waals surface area contributed by atoms with Crippen molar-refractivity contribution in [1.29, 1.82) is 0 Å². The van der Waals surface area contributed by atoms with Crippen LogP contribution in [0.4, 0.5) is 0 Å². The van der Waals surface area contributed by atoms with Gasteiger partial charge in [0.15, 0.2) is 0 Å². The van der Waals surface area contributed by atoms with Gasteiger partial charge in [-0.3, -0.25) is 0 Å². The van der Waals surface area contributed by atoms with E-state index < -0.39 is 5.54 Å². The van der Waals surface area contributed by atoms with Gasteiger partial charge >= 0.3 is 0 Å². The molecule has 0 atom stereocenters. The minimum absolute atomic E-state index is 0.00694. The molecule has 3 heteroatoms. The first kappa shape index (κ1) is 9.88. The van der Waals surface area contributed by atoms with Gasteiger partial charge in [-0.2, -0.15) is 0 Å². The number of nitrogens with zero attached hydrogens (tertiary/aromatic N) is 1. The predicted octanol–water partition coefficient (Wildman–Crippen LogP) is -0.564. The van der Waals surface area contributed by atoms with Gasteiger partial charge in [0, 0.05) is 0 Å². The minimum atomic E-state index is -0.431. The fourth-order valence-electron chi connectivity index (χ4n) is 0.474. The lowest BCUT2D eigenvalue weighted by atomic mass is 10.0. The maximum atomic E-state index is 8.95. The Hall–Kier alpha value is -0.120. The molecule has 62 valence electrons. The third kappa shape index (κ3) is 1.68. The highest BCUT2D eigenvalue weighted by molar-refractivity contribution is 4.71. The zero-order valence-electron chi connectivity index (χ0n) is 7.26. The summed E-state index contributed by atoms with van der Waals surface area (Å²) in [5.41, 5.74) is -0.431. The summed E-state index contributed by atoms with van der Waals surface area (Å²) in [6.45, 7) is 1.87. The smallest absolute Gasteiger partial charge is 0.142 e. The Kier molecular flexibility index (Phi) is 2.83. The third-order valence-electron chi connectivity index (χ3n) is 2.30. The van der Waals surface area contributed by atoms with Gasteiger partial charge < -0.3 is 14.7 Å². The van der Waals surface area contributed by atoms with Crippen LogP contribution in [0.25, 0.3) is 0 Å². The summed E-state index contributed by atoms with van der Waals surface area (Å²) >= 11 is 0. The number of hydrogen-bond donors (Lipinski definition) is 2. The van der Waals surface area contributed by atoms with Gasteiger partial charge in [0.05, 0.1) is 34.4 Å². The molecule has 0 aromatic heterocycles. The molecule has 0 heterocycles. The van der Waals surface area contributed by atoms with Crippen molar-refractivity contribution in [3.63, 3.8) is 0 Å². The largest absolute Gasteiger partial charge is 0.390 e. The van der Waals surface area contributed by atoms with Crippen LogP contribution in [0.15, 0.2) is 0 Å². The first-order valence-electron chi connectivity index (χ1n) is 3.40. The van der Waals surface area contributed by atoms with Crippen molar-refractivity contribution >= 4 is 0 Å². The van der Waals surface area contributed by atoms with Crippen LogP contribution in [0.3, 0.4) is 0 Å². The number of hydrogen-bond acceptors (Lipinski definition) is 2. The molecule has 0 fully saturated rings. The van der Waals surface area contributed by atoms with Gasteiger partial charge in [0.1, 0.15) is 5.54 Å². The van der Waals surface area contributed by atoms with E-state index in [2.05, 4.69) is 0 Å². The van der Waals surface area contributed by atoms with Crippen molar-refractivity contribution in [2.75, 3.05) is 34.4 Å². The quantitative estimate of drug-likeness (QED) is 0.526. The summed E-state index contributed by atoms with van der Waals surface area (Å²) in [4.78, 5) is 0. The lowest BCUT2D eigenvalue weighted by Crippen LogP contribution is -2.59. The molecule has 0 saturated heterocycles. The molecule has 2 N–H and O–H groups in total. The molecule has 0 rings (SSSR count). The van der Waals surface area contributed by atoms with E-state index in [-0.39, 0.29) is 13.2 Å². The Morgan fingerprint density at radius 3 is 1.40 bits per heavy atom. The third-order valence-corrected chi connectivity index (χ3v) is 2.30. The minimum Gasteiger partial charge on any atom is -0.390 e. The fraction of sp³-hybridized carbons (Fsp3) is 1.00. The normalized spacial score (nSPS) is 13.8. The Balaban J connectivity index is 4.33. The van der Waals surface area contributed by atoms with E-state index in [1.54, 1.807) is 0 Å². The number of rotatable bonds is 3. The van der Waals surface area contributed by atoms with Crippen molar-refractivity contribution in [2.24, 2.45) is 0 Å². The molecule has 3 nitrogen and oxygen atoms in total. The van der Waals surface area contributed by atoms with Gasteiger partial charge in [-0.1, -0.05) is 0 Å². The van der Waals surface area contributed by atoms with E-state index in [9.17, 15) is 0 Å². The number of quaternary nitrogens is 1. The second-order valence-electron chi connectivity index (χ2n) is 3.83. The molecular formula is C7H18NO2+. The fourth-order valence-corrected chi connectivity index (χ4v) is 0.474. The van der Waals surface area contributed by atoms with E-state index in [4.69, 9.17) is 10.2 Å². The van der Waals surface area contributed by atoms with Crippen molar-refractivity contribution in [3.05, 3.63) is 0 Å². The van der Waals surface area contributed by atoms with Crippen molar-refractivity contribution in [2.45, 2.75) is 12.5 Å². The van der Waals surface area contributed by atoms with Crippen molar-refractivity contribution in [1.82, 2.24) is 0 Å². The highest BCUT2D eigenvalue weighted by Crippen LogP contribution is 2.15. The average Bonchev–Trinajstić information content (AvgIpc) is 1.84. The van der Waals surface area contributed by atoms with Gasteiger partial charge in [0.25, 0.3) is 0 Å². The summed E-state index contributed by atoms with van der Waals surface area (Å²) in [5.74, 6) is 0. The highest BCUT2D eigenvalue weighted by atomic mass is 16.3. The van der Waals surface area contributed by atoms with E-state index >= 15 is 0 Å². The molecular weight excluding hydrogens is 130 g/mol. The lowest BCUT2D eigenvalue weighted by Gasteiger charge is -2.41. The molecule has 0 aliphatic rings. The van der Waals surface area contributed by atoms with Crippen LogP contribution in [0.2, 0.25) is 0 Å². The molecule has 0 spiro atoms. The second kappa shape index (κ2) is 2.86. The maximum absolute atomic E-state index is 8.95. The lowest BCUT2D eigenvalue weighted by molar-refractivity contribution is -0.923. The molecule has 0 unspecified atom stereocenters. The Labute approximate surface area is 62.5 Å². The molecule has 0 aromatic rings. The molecule has 10 heavy (non-hydrogen) atoms. The number of aliphatic hydroxyl groups is 2. The van der Waals surface area contributed by atoms with E-state index in [1.807, 2.05) is 28.1 Å². The standard InChI is InChI=1S/C7H18NO2/c1-7(5-9,6-10)8(2,3)4/h9-10H,5-6H2,1-4H3/q+1. The van der Waals surface area contributed by atoms with Crippen molar-refractivity contribution in [3.8, 4) is 0 Å². The van der Waals surface area contributed by atoms with Crippen molar-refractivity contribution < 1.29 is 14.7 Å². The van der Waals surface area contributed by atoms with Gasteiger partial charge in [-0.05, 0) is 6.92 Å². The van der Waals surface area contributed by atoms with Gasteiger partial charge in [-0.25, -0.2) is 0 Å². The van der Waals surface area contributed by atoms with Crippen LogP contribution < -0.4 is 0 Å². The molecule has 0 aliphatic heterocycles. The number of likely N-dealkylation sites (N-methyl/N-ethyl adjacent to an activating group) is 1. The van der Waals surface area contributed by atoms with Gasteiger partial charge in [0.2, 0.25) is 0 Å². The van der Waals surface area contributed by atoms with Crippen LogP contribution in [-0.4, -0.2) is 54.6 Å². The average molecular weight is 148 g/mol. The van der Waals surface area contributed by atoms with Gasteiger partial charge in [-0.15, -0.1) is 0 Å². The zero-order valence-corrected chi connectivity index (χ0v) is 7.26. The van der Waals surface area contributed by atoms with Crippen LogP contribution in [0.5, 0.6) is 0 Å². The van der Waals surface area contributed by atoms with Crippen LogP contribution in [0, 0.1) is 0 Å². The zero-order chi connectivity index (χ0) is 8.41. The summed E-state index contributed by atoms with van der Waals surface area (Å²) < 4.78 is 0.569. The first-order valence-corrected chi connectivity index (χ1v) is 3.40. The highest BCUT2D eigenvalue weighted by Gasteiger charge is 2.36. The van der Waals surface area contributed by atoms with Crippen LogP contribution in [0.1, 0.15) is 6.92 Å². The maximum Gasteiger partial charge on any atom is 0.142 e. The molecule has 0 aromatic carbocycles. The van der Waals surface area contributed by atoms with E-state index in [0.717, 1.165) is 0 Å². The molecule has 0 amide bonds. The SMILES string of the molecule is CC(CO)(CO)[N+](C)(C)C. The summed E-state index contributed by atoms with van der Waals surface area (Å²) in [6, 6.07) is 0. The van der Waals surface area contributed by atoms with Crippen LogP contribution in [-0.2, 0) is 0 Å². The molecule has 0 radical (unpaired) electrons. The molecule has 0 aliphatic carbocycles. The monoisotopic (exact) mass is 148 g/mol. The van der Waals surface area contributed by atoms with E-state index in [0.29, 0.717) is 4.48 Å². The second-order valence-corrected chi connectivity index (χ2v) is 3.83. The topological polar surface area (TPSA) is 40.5 Å². The van der Waals surface area contributed by atoms with Crippen LogP contribution >= 0.6 is 0 Å². The van der Waals surface area contributed by atoms with E-state index in [1.165, 1.54) is 0 Å². The number of aliphatic hydroxyl groups excluding tert-OH is 2. The predicted molar refractivity (Wildman–Crippen MR) is 40.6 cm³/mol. The summed E-state index contributed by atoms with van der Waals surface area (Å²) in [7, 11) is 5.85. The Morgan fingerprint density at radius 1 is 1.10 bits per heavy atom. The molecule has 0 bridgehead atoms. The summed E-state index contributed by atoms with van der Waals surface area (Å²) in [5, 5.41) is 17.9. The first-order chi connectivity index (χ1) is 4.37.